The summed E-state index contributed by atoms with van der Waals surface area (Å²) in [4.78, 5) is 26.4. The Balaban J connectivity index is 1.51. The summed E-state index contributed by atoms with van der Waals surface area (Å²) >= 11 is 0. The third-order valence-electron chi connectivity index (χ3n) is 6.45. The monoisotopic (exact) mass is 443 g/mol. The molecule has 0 spiro atoms. The van der Waals surface area contributed by atoms with E-state index >= 15 is 0 Å². The fourth-order valence-corrected chi connectivity index (χ4v) is 4.56. The Morgan fingerprint density at radius 2 is 1.82 bits per heavy atom. The first-order valence-electron chi connectivity index (χ1n) is 11.2. The van der Waals surface area contributed by atoms with Gasteiger partial charge >= 0.3 is 0 Å². The molecule has 5 rings (SSSR count). The van der Waals surface area contributed by atoms with Gasteiger partial charge in [0, 0.05) is 23.1 Å². The molecule has 0 atom stereocenters. The number of likely N-dealkylation sites (tertiary alicyclic amines) is 1. The molecule has 0 radical (unpaired) electrons. The SMILES string of the molecule is Cc1nc(F)ccc1-c1cc2cc[nH]c(=O)c2c(Nc2ccc(C3CCN(C)CC3)cc2)n1. The topological polar surface area (TPSA) is 73.9 Å². The van der Waals surface area contributed by atoms with Crippen LogP contribution in [0.1, 0.15) is 30.0 Å². The number of fused-ring (bicyclic) bond motifs is 1. The van der Waals surface area contributed by atoms with Crippen molar-refractivity contribution >= 4 is 22.3 Å². The average molecular weight is 444 g/mol. The zero-order valence-corrected chi connectivity index (χ0v) is 18.7. The van der Waals surface area contributed by atoms with E-state index in [0.717, 1.165) is 42.6 Å². The maximum atomic E-state index is 13.5. The summed E-state index contributed by atoms with van der Waals surface area (Å²) in [7, 11) is 2.17. The molecular weight excluding hydrogens is 417 g/mol. The van der Waals surface area contributed by atoms with Gasteiger partial charge in [-0.05, 0) is 93.2 Å². The van der Waals surface area contributed by atoms with E-state index in [2.05, 4.69) is 39.4 Å². The van der Waals surface area contributed by atoms with Gasteiger partial charge in [0.2, 0.25) is 5.95 Å². The third-order valence-corrected chi connectivity index (χ3v) is 6.45. The lowest BCUT2D eigenvalue weighted by molar-refractivity contribution is 0.255. The molecule has 0 unspecified atom stereocenters. The van der Waals surface area contributed by atoms with Crippen LogP contribution < -0.4 is 10.9 Å². The van der Waals surface area contributed by atoms with Crippen LogP contribution in [0.5, 0.6) is 0 Å². The smallest absolute Gasteiger partial charge is 0.259 e. The molecule has 1 saturated heterocycles. The maximum absolute atomic E-state index is 13.5. The second kappa shape index (κ2) is 8.75. The number of pyridine rings is 3. The van der Waals surface area contributed by atoms with Crippen molar-refractivity contribution in [3.8, 4) is 11.3 Å². The first kappa shape index (κ1) is 21.3. The van der Waals surface area contributed by atoms with Crippen molar-refractivity contribution in [2.75, 3.05) is 25.5 Å². The number of rotatable bonds is 4. The lowest BCUT2D eigenvalue weighted by Crippen LogP contribution is -2.29. The van der Waals surface area contributed by atoms with Gasteiger partial charge in [-0.1, -0.05) is 12.1 Å². The molecule has 1 aromatic carbocycles. The van der Waals surface area contributed by atoms with Crippen LogP contribution in [-0.4, -0.2) is 40.0 Å². The number of nitrogens with one attached hydrogen (secondary N) is 2. The molecule has 0 amide bonds. The second-order valence-corrected chi connectivity index (χ2v) is 8.72. The van der Waals surface area contributed by atoms with E-state index in [0.29, 0.717) is 28.5 Å². The van der Waals surface area contributed by atoms with Crippen LogP contribution in [0.15, 0.2) is 59.5 Å². The van der Waals surface area contributed by atoms with Gasteiger partial charge in [0.15, 0.2) is 0 Å². The normalized spacial score (nSPS) is 15.1. The van der Waals surface area contributed by atoms with Crippen LogP contribution in [0.3, 0.4) is 0 Å². The number of halogens is 1. The summed E-state index contributed by atoms with van der Waals surface area (Å²) in [5, 5.41) is 4.56. The van der Waals surface area contributed by atoms with Crippen LogP contribution in [0, 0.1) is 12.9 Å². The summed E-state index contributed by atoms with van der Waals surface area (Å²) in [5.74, 6) is 0.506. The number of H-pyrrole nitrogens is 1. The molecule has 4 heterocycles. The maximum Gasteiger partial charge on any atom is 0.259 e. The van der Waals surface area contributed by atoms with Gasteiger partial charge in [-0.25, -0.2) is 9.97 Å². The predicted octanol–water partition coefficient (Wildman–Crippen LogP) is 4.99. The first-order chi connectivity index (χ1) is 16.0. The molecule has 4 aromatic rings. The highest BCUT2D eigenvalue weighted by molar-refractivity contribution is 5.95. The number of piperidine rings is 1. The van der Waals surface area contributed by atoms with Crippen molar-refractivity contribution in [3.63, 3.8) is 0 Å². The van der Waals surface area contributed by atoms with E-state index in [1.807, 2.05) is 24.3 Å². The minimum Gasteiger partial charge on any atom is -0.340 e. The lowest BCUT2D eigenvalue weighted by atomic mass is 9.89. The van der Waals surface area contributed by atoms with Crippen molar-refractivity contribution in [2.45, 2.75) is 25.7 Å². The molecule has 33 heavy (non-hydrogen) atoms. The molecule has 6 nitrogen and oxygen atoms in total. The highest BCUT2D eigenvalue weighted by Crippen LogP contribution is 2.31. The van der Waals surface area contributed by atoms with Crippen molar-refractivity contribution in [1.29, 1.82) is 0 Å². The number of aromatic nitrogens is 3. The summed E-state index contributed by atoms with van der Waals surface area (Å²) in [5.41, 5.74) is 3.87. The molecule has 3 aromatic heterocycles. The number of benzene rings is 1. The number of anilines is 2. The van der Waals surface area contributed by atoms with E-state index < -0.39 is 5.95 Å². The number of hydrogen-bond acceptors (Lipinski definition) is 5. The highest BCUT2D eigenvalue weighted by Gasteiger charge is 2.18. The van der Waals surface area contributed by atoms with Crippen LogP contribution in [0.25, 0.3) is 22.0 Å². The molecule has 0 aliphatic carbocycles. The van der Waals surface area contributed by atoms with Gasteiger partial charge in [-0.2, -0.15) is 4.39 Å². The van der Waals surface area contributed by atoms with Crippen molar-refractivity contribution in [1.82, 2.24) is 19.9 Å². The summed E-state index contributed by atoms with van der Waals surface area (Å²) in [6.45, 7) is 3.98. The Hall–Kier alpha value is -3.58. The molecule has 1 aliphatic rings. The minimum absolute atomic E-state index is 0.217. The Bertz CT molecular complexity index is 1360. The van der Waals surface area contributed by atoms with Crippen LogP contribution in [-0.2, 0) is 0 Å². The van der Waals surface area contributed by atoms with Gasteiger partial charge < -0.3 is 15.2 Å². The average Bonchev–Trinajstić information content (AvgIpc) is 2.80. The van der Waals surface area contributed by atoms with Gasteiger partial charge in [0.25, 0.3) is 5.56 Å². The van der Waals surface area contributed by atoms with E-state index in [4.69, 9.17) is 4.98 Å². The van der Waals surface area contributed by atoms with E-state index in [9.17, 15) is 9.18 Å². The molecule has 1 aliphatic heterocycles. The van der Waals surface area contributed by atoms with Crippen molar-refractivity contribution in [3.05, 3.63) is 82.3 Å². The van der Waals surface area contributed by atoms with Gasteiger partial charge in [-0.3, -0.25) is 4.79 Å². The summed E-state index contributed by atoms with van der Waals surface area (Å²) in [6, 6.07) is 15.0. The molecule has 0 saturated carbocycles. The molecule has 2 N–H and O–H groups in total. The van der Waals surface area contributed by atoms with Crippen LogP contribution >= 0.6 is 0 Å². The van der Waals surface area contributed by atoms with Crippen molar-refractivity contribution in [2.24, 2.45) is 0 Å². The fraction of sp³-hybridized carbons (Fsp3) is 0.269. The molecule has 1 fully saturated rings. The summed E-state index contributed by atoms with van der Waals surface area (Å²) < 4.78 is 13.5. The zero-order valence-electron chi connectivity index (χ0n) is 18.7. The molecular formula is C26H26FN5O. The fourth-order valence-electron chi connectivity index (χ4n) is 4.56. The zero-order chi connectivity index (χ0) is 22.9. The molecule has 0 bridgehead atoms. The number of hydrogen-bond donors (Lipinski definition) is 2. The Morgan fingerprint density at radius 3 is 2.55 bits per heavy atom. The first-order valence-corrected chi connectivity index (χ1v) is 11.2. The Kier molecular flexibility index (Phi) is 5.64. The molecule has 7 heteroatoms. The Morgan fingerprint density at radius 1 is 1.06 bits per heavy atom. The minimum atomic E-state index is -0.531. The van der Waals surface area contributed by atoms with Gasteiger partial charge in [-0.15, -0.1) is 0 Å². The molecule has 168 valence electrons. The number of aryl methyl sites for hydroxylation is 1. The van der Waals surface area contributed by atoms with E-state index in [1.54, 1.807) is 19.2 Å². The summed E-state index contributed by atoms with van der Waals surface area (Å²) in [6.07, 6.45) is 3.94. The Labute approximate surface area is 191 Å². The van der Waals surface area contributed by atoms with Gasteiger partial charge in [0.05, 0.1) is 11.1 Å². The quantitative estimate of drug-likeness (QED) is 0.435. The second-order valence-electron chi connectivity index (χ2n) is 8.72. The van der Waals surface area contributed by atoms with Gasteiger partial charge in [0.1, 0.15) is 5.82 Å². The largest absolute Gasteiger partial charge is 0.340 e. The van der Waals surface area contributed by atoms with E-state index in [1.165, 1.54) is 11.6 Å². The third kappa shape index (κ3) is 4.36. The highest BCUT2D eigenvalue weighted by atomic mass is 19.1. The van der Waals surface area contributed by atoms with E-state index in [-0.39, 0.29) is 5.56 Å². The lowest BCUT2D eigenvalue weighted by Gasteiger charge is -2.29. The van der Waals surface area contributed by atoms with Crippen LogP contribution in [0.4, 0.5) is 15.9 Å². The standard InChI is InChI=1S/C26H26FN5O/c1-16-21(7-8-23(27)29-16)22-15-19-9-12-28-26(33)24(19)25(31-22)30-20-5-3-17(4-6-20)18-10-13-32(2)14-11-18/h3-9,12,15,18H,10-11,13-14H2,1-2H3,(H,28,33)(H,30,31). The number of nitrogens with zero attached hydrogens (tertiary/aromatic N) is 3. The predicted molar refractivity (Wildman–Crippen MR) is 129 cm³/mol. The number of aromatic amines is 1. The van der Waals surface area contributed by atoms with Crippen molar-refractivity contribution < 1.29 is 4.39 Å². The van der Waals surface area contributed by atoms with Crippen LogP contribution in [0.2, 0.25) is 0 Å².